The third-order valence-corrected chi connectivity index (χ3v) is 3.55. The molecule has 0 radical (unpaired) electrons. The molecule has 0 aromatic heterocycles. The minimum atomic E-state index is -0.255. The second-order valence-corrected chi connectivity index (χ2v) is 4.97. The zero-order valence-electron chi connectivity index (χ0n) is 11.2. The Morgan fingerprint density at radius 1 is 1.37 bits per heavy atom. The molecule has 1 atom stereocenters. The Morgan fingerprint density at radius 2 is 2.05 bits per heavy atom. The van der Waals surface area contributed by atoms with Gasteiger partial charge in [0.25, 0.3) is 0 Å². The van der Waals surface area contributed by atoms with Gasteiger partial charge in [0.05, 0.1) is 0 Å². The summed E-state index contributed by atoms with van der Waals surface area (Å²) in [6, 6.07) is 6.23. The summed E-state index contributed by atoms with van der Waals surface area (Å²) < 4.78 is 13.1. The van der Waals surface area contributed by atoms with Crippen LogP contribution in [0.2, 0.25) is 0 Å². The highest BCUT2D eigenvalue weighted by molar-refractivity contribution is 5.73. The molecule has 1 aromatic rings. The molecule has 2 rings (SSSR count). The van der Waals surface area contributed by atoms with Crippen molar-refractivity contribution in [2.75, 3.05) is 32.7 Å². The Bertz CT molecular complexity index is 444. The molecule has 1 unspecified atom stereocenters. The molecule has 104 valence electrons. The summed E-state index contributed by atoms with van der Waals surface area (Å²) in [6.07, 6.45) is 0. The van der Waals surface area contributed by atoms with Crippen LogP contribution in [0.1, 0.15) is 18.5 Å². The number of rotatable bonds is 3. The van der Waals surface area contributed by atoms with Gasteiger partial charge in [0, 0.05) is 45.7 Å². The number of carbonyl (C=O) groups is 1. The zero-order chi connectivity index (χ0) is 13.8. The molecule has 1 heterocycles. The van der Waals surface area contributed by atoms with Gasteiger partial charge in [-0.15, -0.1) is 0 Å². The minimum Gasteiger partial charge on any atom is -0.340 e. The molecule has 1 saturated heterocycles. The topological polar surface area (TPSA) is 49.6 Å². The summed E-state index contributed by atoms with van der Waals surface area (Å²) in [6.45, 7) is 5.41. The fourth-order valence-corrected chi connectivity index (χ4v) is 2.37. The Labute approximate surface area is 113 Å². The summed E-state index contributed by atoms with van der Waals surface area (Å²) in [5.41, 5.74) is 6.91. The lowest BCUT2D eigenvalue weighted by Crippen LogP contribution is -2.49. The van der Waals surface area contributed by atoms with Crippen molar-refractivity contribution in [3.05, 3.63) is 35.6 Å². The molecule has 2 N–H and O–H groups in total. The van der Waals surface area contributed by atoms with Crippen LogP contribution in [-0.2, 0) is 4.79 Å². The Balaban J connectivity index is 1.87. The maximum atomic E-state index is 13.1. The summed E-state index contributed by atoms with van der Waals surface area (Å²) in [4.78, 5) is 15.3. The van der Waals surface area contributed by atoms with Crippen molar-refractivity contribution in [1.29, 1.82) is 0 Å². The highest BCUT2D eigenvalue weighted by Gasteiger charge is 2.20. The third kappa shape index (κ3) is 3.75. The first-order valence-corrected chi connectivity index (χ1v) is 6.55. The first-order chi connectivity index (χ1) is 9.06. The van der Waals surface area contributed by atoms with Crippen LogP contribution in [-0.4, -0.2) is 48.4 Å². The van der Waals surface area contributed by atoms with Crippen molar-refractivity contribution in [1.82, 2.24) is 9.80 Å². The monoisotopic (exact) mass is 265 g/mol. The van der Waals surface area contributed by atoms with Crippen LogP contribution in [0.5, 0.6) is 0 Å². The molecular weight excluding hydrogens is 245 g/mol. The smallest absolute Gasteiger partial charge is 0.219 e. The normalized spacial score (nSPS) is 18.4. The lowest BCUT2D eigenvalue weighted by atomic mass is 10.1. The second kappa shape index (κ2) is 6.12. The van der Waals surface area contributed by atoms with Crippen molar-refractivity contribution >= 4 is 5.91 Å². The van der Waals surface area contributed by atoms with Gasteiger partial charge in [-0.25, -0.2) is 4.39 Å². The van der Waals surface area contributed by atoms with E-state index in [9.17, 15) is 9.18 Å². The van der Waals surface area contributed by atoms with E-state index in [1.807, 2.05) is 11.0 Å². The molecular formula is C14H20FN3O. The number of carbonyl (C=O) groups excluding carboxylic acids is 1. The maximum Gasteiger partial charge on any atom is 0.219 e. The zero-order valence-corrected chi connectivity index (χ0v) is 11.2. The molecule has 0 bridgehead atoms. The van der Waals surface area contributed by atoms with E-state index < -0.39 is 0 Å². The standard InChI is InChI=1S/C14H20FN3O/c1-11(19)18-7-5-17(6-8-18)10-14(16)12-3-2-4-13(15)9-12/h2-4,9,14H,5-8,10,16H2,1H3. The van der Waals surface area contributed by atoms with E-state index in [4.69, 9.17) is 5.73 Å². The molecule has 0 aliphatic carbocycles. The molecule has 1 aliphatic rings. The summed E-state index contributed by atoms with van der Waals surface area (Å²) in [5.74, 6) is -0.136. The first-order valence-electron chi connectivity index (χ1n) is 6.55. The van der Waals surface area contributed by atoms with Crippen molar-refractivity contribution < 1.29 is 9.18 Å². The van der Waals surface area contributed by atoms with Crippen molar-refractivity contribution in [3.63, 3.8) is 0 Å². The van der Waals surface area contributed by atoms with Crippen molar-refractivity contribution in [3.8, 4) is 0 Å². The van der Waals surface area contributed by atoms with Crippen molar-refractivity contribution in [2.24, 2.45) is 5.73 Å². The fourth-order valence-electron chi connectivity index (χ4n) is 2.37. The molecule has 1 aliphatic heterocycles. The highest BCUT2D eigenvalue weighted by Crippen LogP contribution is 2.14. The van der Waals surface area contributed by atoms with Gasteiger partial charge in [0.15, 0.2) is 0 Å². The van der Waals surface area contributed by atoms with Gasteiger partial charge in [0.1, 0.15) is 5.82 Å². The van der Waals surface area contributed by atoms with Crippen LogP contribution in [0.15, 0.2) is 24.3 Å². The predicted molar refractivity (Wildman–Crippen MR) is 72.0 cm³/mol. The van der Waals surface area contributed by atoms with E-state index in [2.05, 4.69) is 4.90 Å². The lowest BCUT2D eigenvalue weighted by molar-refractivity contribution is -0.130. The number of nitrogens with zero attached hydrogens (tertiary/aromatic N) is 2. The van der Waals surface area contributed by atoms with Crippen LogP contribution >= 0.6 is 0 Å². The summed E-state index contributed by atoms with van der Waals surface area (Å²) in [5, 5.41) is 0. The number of benzene rings is 1. The summed E-state index contributed by atoms with van der Waals surface area (Å²) in [7, 11) is 0. The highest BCUT2D eigenvalue weighted by atomic mass is 19.1. The SMILES string of the molecule is CC(=O)N1CCN(CC(N)c2cccc(F)c2)CC1. The van der Waals surface area contributed by atoms with E-state index in [0.29, 0.717) is 6.54 Å². The van der Waals surface area contributed by atoms with E-state index in [0.717, 1.165) is 31.7 Å². The number of nitrogens with two attached hydrogens (primary N) is 1. The molecule has 1 fully saturated rings. The number of hydrogen-bond acceptors (Lipinski definition) is 3. The van der Waals surface area contributed by atoms with E-state index in [1.165, 1.54) is 12.1 Å². The van der Waals surface area contributed by atoms with E-state index >= 15 is 0 Å². The second-order valence-electron chi connectivity index (χ2n) is 4.97. The largest absolute Gasteiger partial charge is 0.340 e. The molecule has 5 heteroatoms. The predicted octanol–water partition coefficient (Wildman–Crippen LogP) is 0.990. The van der Waals surface area contributed by atoms with Gasteiger partial charge < -0.3 is 10.6 Å². The van der Waals surface area contributed by atoms with Crippen LogP contribution in [0.25, 0.3) is 0 Å². The Morgan fingerprint density at radius 3 is 2.63 bits per heavy atom. The summed E-state index contributed by atoms with van der Waals surface area (Å²) >= 11 is 0. The lowest BCUT2D eigenvalue weighted by Gasteiger charge is -2.35. The molecule has 0 saturated carbocycles. The molecule has 1 aromatic carbocycles. The maximum absolute atomic E-state index is 13.1. The molecule has 0 spiro atoms. The van der Waals surface area contributed by atoms with Gasteiger partial charge in [-0.05, 0) is 17.7 Å². The minimum absolute atomic E-state index is 0.120. The fraction of sp³-hybridized carbons (Fsp3) is 0.500. The number of halogens is 1. The van der Waals surface area contributed by atoms with Crippen LogP contribution < -0.4 is 5.73 Å². The van der Waals surface area contributed by atoms with Gasteiger partial charge in [-0.3, -0.25) is 9.69 Å². The Hall–Kier alpha value is -1.46. The van der Waals surface area contributed by atoms with Gasteiger partial charge in [-0.1, -0.05) is 12.1 Å². The van der Waals surface area contributed by atoms with Crippen molar-refractivity contribution in [2.45, 2.75) is 13.0 Å². The van der Waals surface area contributed by atoms with Gasteiger partial charge in [-0.2, -0.15) is 0 Å². The number of hydrogen-bond donors (Lipinski definition) is 1. The molecule has 1 amide bonds. The van der Waals surface area contributed by atoms with Crippen LogP contribution in [0.4, 0.5) is 4.39 Å². The average Bonchev–Trinajstić information content (AvgIpc) is 2.39. The van der Waals surface area contributed by atoms with Gasteiger partial charge in [0.2, 0.25) is 5.91 Å². The molecule has 4 nitrogen and oxygen atoms in total. The van der Waals surface area contributed by atoms with Crippen LogP contribution in [0.3, 0.4) is 0 Å². The number of amides is 1. The Kier molecular flexibility index (Phi) is 4.50. The first kappa shape index (κ1) is 14.0. The number of piperazine rings is 1. The molecule has 19 heavy (non-hydrogen) atoms. The van der Waals surface area contributed by atoms with Gasteiger partial charge >= 0.3 is 0 Å². The quantitative estimate of drug-likeness (QED) is 0.886. The third-order valence-electron chi connectivity index (χ3n) is 3.55. The van der Waals surface area contributed by atoms with Crippen LogP contribution in [0, 0.1) is 5.82 Å². The van der Waals surface area contributed by atoms with E-state index in [1.54, 1.807) is 13.0 Å². The van der Waals surface area contributed by atoms with E-state index in [-0.39, 0.29) is 17.8 Å². The average molecular weight is 265 g/mol.